The van der Waals surface area contributed by atoms with Gasteiger partial charge in [-0.25, -0.2) is 0 Å². The first-order valence-corrected chi connectivity index (χ1v) is 27.1. The number of hydrogen-bond acceptors (Lipinski definition) is 2. The molecule has 1 aliphatic rings. The van der Waals surface area contributed by atoms with Crippen LogP contribution < -0.4 is 9.80 Å². The van der Waals surface area contributed by atoms with Crippen molar-refractivity contribution in [3.05, 3.63) is 290 Å². The van der Waals surface area contributed by atoms with Crippen LogP contribution in [0.5, 0.6) is 0 Å². The maximum absolute atomic E-state index is 3.72. The Morgan fingerprint density at radius 3 is 1.45 bits per heavy atom. The molecule has 0 amide bonds. The monoisotopic (exact) mass is 995 g/mol. The second-order valence-electron chi connectivity index (χ2n) is 21.4. The Balaban J connectivity index is 1.02. The second kappa shape index (κ2) is 18.1. The van der Waals surface area contributed by atoms with E-state index < -0.39 is 0 Å². The van der Waals surface area contributed by atoms with Crippen LogP contribution in [0.2, 0.25) is 0 Å². The molecule has 368 valence electrons. The summed E-state index contributed by atoms with van der Waals surface area (Å²) < 4.78 is 0. The number of hydrogen-bond donors (Lipinski definition) is 1. The third-order valence-electron chi connectivity index (χ3n) is 16.5. The summed E-state index contributed by atoms with van der Waals surface area (Å²) in [7, 11) is 0. The minimum Gasteiger partial charge on any atom is -0.355 e. The number of fused-ring (bicyclic) bond motifs is 9. The van der Waals surface area contributed by atoms with Crippen LogP contribution in [-0.4, -0.2) is 4.98 Å². The molecule has 0 spiro atoms. The van der Waals surface area contributed by atoms with Gasteiger partial charge in [-0.05, 0) is 185 Å². The molecule has 13 aromatic carbocycles. The minimum atomic E-state index is -0.156. The topological polar surface area (TPSA) is 22.3 Å². The van der Waals surface area contributed by atoms with Gasteiger partial charge in [0.15, 0.2) is 0 Å². The lowest BCUT2D eigenvalue weighted by Crippen LogP contribution is -2.16. The zero-order valence-corrected chi connectivity index (χ0v) is 43.5. The Morgan fingerprint density at radius 1 is 0.269 bits per heavy atom. The average Bonchev–Trinajstić information content (AvgIpc) is 4.08. The number of anilines is 6. The van der Waals surface area contributed by atoms with E-state index in [1.54, 1.807) is 0 Å². The summed E-state index contributed by atoms with van der Waals surface area (Å²) >= 11 is 0. The number of benzene rings is 13. The predicted octanol–water partition coefficient (Wildman–Crippen LogP) is 21.0. The molecule has 3 nitrogen and oxygen atoms in total. The zero-order chi connectivity index (χ0) is 51.9. The average molecular weight is 996 g/mol. The smallest absolute Gasteiger partial charge is 0.0468 e. The van der Waals surface area contributed by atoms with Gasteiger partial charge < -0.3 is 14.8 Å². The fourth-order valence-corrected chi connectivity index (χ4v) is 12.8. The second-order valence-corrected chi connectivity index (χ2v) is 21.4. The van der Waals surface area contributed by atoms with Crippen molar-refractivity contribution in [1.29, 1.82) is 0 Å². The molecule has 0 aliphatic heterocycles. The molecule has 78 heavy (non-hydrogen) atoms. The number of aromatic nitrogens is 1. The Hall–Kier alpha value is -9.96. The van der Waals surface area contributed by atoms with Gasteiger partial charge in [-0.3, -0.25) is 0 Å². The Kier molecular flexibility index (Phi) is 10.6. The SMILES string of the molecule is CC1(C)c2ccccc2-c2ccc(N(c3ccccc3)c3ccc4c(-c5ccc6[nH]c7ccccc7c6c5)c5cc(N(c6ccccc6)c6ccc(-c7ccccc7)cc6)ccc5c(-c5ccc6ccccc6c5)c4c3)cc21. The van der Waals surface area contributed by atoms with Crippen LogP contribution in [0.25, 0.3) is 98.6 Å². The van der Waals surface area contributed by atoms with Gasteiger partial charge in [0.1, 0.15) is 0 Å². The third-order valence-corrected chi connectivity index (χ3v) is 16.5. The van der Waals surface area contributed by atoms with Crippen LogP contribution in [-0.2, 0) is 5.41 Å². The minimum absolute atomic E-state index is 0.156. The summed E-state index contributed by atoms with van der Waals surface area (Å²) in [5.74, 6) is 0. The van der Waals surface area contributed by atoms with Gasteiger partial charge in [-0.2, -0.15) is 0 Å². The molecule has 0 saturated carbocycles. The number of nitrogens with zero attached hydrogens (tertiary/aromatic N) is 2. The van der Waals surface area contributed by atoms with Crippen molar-refractivity contribution in [2.24, 2.45) is 0 Å². The van der Waals surface area contributed by atoms with E-state index in [4.69, 9.17) is 0 Å². The molecule has 1 aliphatic carbocycles. The zero-order valence-electron chi connectivity index (χ0n) is 43.5. The van der Waals surface area contributed by atoms with Crippen molar-refractivity contribution in [1.82, 2.24) is 4.98 Å². The van der Waals surface area contributed by atoms with Crippen LogP contribution in [0.1, 0.15) is 25.0 Å². The summed E-state index contributed by atoms with van der Waals surface area (Å²) in [6.45, 7) is 4.74. The van der Waals surface area contributed by atoms with Gasteiger partial charge in [0.2, 0.25) is 0 Å². The van der Waals surface area contributed by atoms with E-state index in [-0.39, 0.29) is 5.41 Å². The fourth-order valence-electron chi connectivity index (χ4n) is 12.8. The van der Waals surface area contributed by atoms with E-state index in [0.717, 1.165) is 50.7 Å². The van der Waals surface area contributed by atoms with Crippen molar-refractivity contribution in [2.45, 2.75) is 19.3 Å². The lowest BCUT2D eigenvalue weighted by molar-refractivity contribution is 0.660. The summed E-state index contributed by atoms with van der Waals surface area (Å²) in [5, 5.41) is 9.57. The van der Waals surface area contributed by atoms with E-state index in [1.165, 1.54) is 93.2 Å². The third kappa shape index (κ3) is 7.42. The quantitative estimate of drug-likeness (QED) is 0.146. The molecule has 0 fully saturated rings. The highest BCUT2D eigenvalue weighted by atomic mass is 15.1. The highest BCUT2D eigenvalue weighted by molar-refractivity contribution is 6.24. The maximum atomic E-state index is 3.72. The van der Waals surface area contributed by atoms with Gasteiger partial charge in [0, 0.05) is 61.3 Å². The van der Waals surface area contributed by atoms with E-state index in [0.29, 0.717) is 0 Å². The van der Waals surface area contributed by atoms with E-state index >= 15 is 0 Å². The summed E-state index contributed by atoms with van der Waals surface area (Å²) in [4.78, 5) is 8.57. The lowest BCUT2D eigenvalue weighted by atomic mass is 9.82. The molecule has 1 heterocycles. The molecule has 15 rings (SSSR count). The summed E-state index contributed by atoms with van der Waals surface area (Å²) in [5.41, 5.74) is 21.1. The van der Waals surface area contributed by atoms with Crippen LogP contribution in [0, 0.1) is 0 Å². The van der Waals surface area contributed by atoms with Gasteiger partial charge in [0.05, 0.1) is 0 Å². The van der Waals surface area contributed by atoms with Gasteiger partial charge >= 0.3 is 0 Å². The number of para-hydroxylation sites is 3. The maximum Gasteiger partial charge on any atom is 0.0468 e. The number of aromatic amines is 1. The number of rotatable bonds is 9. The Morgan fingerprint density at radius 2 is 0.744 bits per heavy atom. The van der Waals surface area contributed by atoms with Crippen molar-refractivity contribution >= 4 is 88.2 Å². The molecule has 0 bridgehead atoms. The van der Waals surface area contributed by atoms with E-state index in [9.17, 15) is 0 Å². The highest BCUT2D eigenvalue weighted by Gasteiger charge is 2.36. The fraction of sp³-hybridized carbons (Fsp3) is 0.0400. The molecule has 14 aromatic rings. The molecular weight excluding hydrogens is 943 g/mol. The molecule has 1 N–H and O–H groups in total. The van der Waals surface area contributed by atoms with Crippen LogP contribution >= 0.6 is 0 Å². The lowest BCUT2D eigenvalue weighted by Gasteiger charge is -2.29. The van der Waals surface area contributed by atoms with Crippen molar-refractivity contribution < 1.29 is 0 Å². The molecular formula is C75H53N3. The van der Waals surface area contributed by atoms with Gasteiger partial charge in [-0.1, -0.05) is 196 Å². The van der Waals surface area contributed by atoms with Gasteiger partial charge in [-0.15, -0.1) is 0 Å². The highest BCUT2D eigenvalue weighted by Crippen LogP contribution is 2.53. The molecule has 3 heteroatoms. The molecule has 1 aromatic heterocycles. The Bertz CT molecular complexity index is 4630. The van der Waals surface area contributed by atoms with Crippen molar-refractivity contribution in [3.8, 4) is 44.5 Å². The van der Waals surface area contributed by atoms with Crippen LogP contribution in [0.15, 0.2) is 279 Å². The number of nitrogens with one attached hydrogen (secondary N) is 1. The van der Waals surface area contributed by atoms with E-state index in [2.05, 4.69) is 308 Å². The van der Waals surface area contributed by atoms with E-state index in [1.807, 2.05) is 0 Å². The summed E-state index contributed by atoms with van der Waals surface area (Å²) in [6.07, 6.45) is 0. The predicted molar refractivity (Wildman–Crippen MR) is 332 cm³/mol. The molecule has 0 atom stereocenters. The molecule has 0 unspecified atom stereocenters. The van der Waals surface area contributed by atoms with Crippen molar-refractivity contribution in [3.63, 3.8) is 0 Å². The molecule has 0 saturated heterocycles. The van der Waals surface area contributed by atoms with Crippen molar-refractivity contribution in [2.75, 3.05) is 9.80 Å². The molecule has 0 radical (unpaired) electrons. The standard InChI is InChI=1S/C75H53N3/c1-75(2)69-28-16-14-26-61(69)62-40-37-60(48-70(62)75)78(56-24-10-5-11-25-56)59-39-42-65-67(47-59)73(53-31-30-50-20-12-13-21-52(50)44-53)64-41-38-58(46-68(64)74(65)54-34-43-72-66(45-54)63-27-15-17-29-71(63)76-72)77(55-22-8-4-9-23-55)57-35-32-51(33-36-57)49-18-6-3-7-19-49/h3-48,76H,1-2H3. The van der Waals surface area contributed by atoms with Crippen LogP contribution in [0.4, 0.5) is 34.1 Å². The normalized spacial score (nSPS) is 12.6. The first kappa shape index (κ1) is 45.4. The number of H-pyrrole nitrogens is 1. The first-order valence-electron chi connectivity index (χ1n) is 27.1. The first-order chi connectivity index (χ1) is 38.4. The largest absolute Gasteiger partial charge is 0.355 e. The van der Waals surface area contributed by atoms with Crippen LogP contribution in [0.3, 0.4) is 0 Å². The Labute approximate surface area is 454 Å². The summed E-state index contributed by atoms with van der Waals surface area (Å²) in [6, 6.07) is 103. The van der Waals surface area contributed by atoms with Gasteiger partial charge in [0.25, 0.3) is 0 Å².